The van der Waals surface area contributed by atoms with Crippen LogP contribution in [0.1, 0.15) is 12.7 Å². The van der Waals surface area contributed by atoms with Crippen LogP contribution in [0.25, 0.3) is 0 Å². The van der Waals surface area contributed by atoms with Gasteiger partial charge in [0.25, 0.3) is 0 Å². The SMILES string of the molecule is CC(=O)NCc1ncc(Cl)n1C. The molecule has 66 valence electrons. The van der Waals surface area contributed by atoms with E-state index in [1.165, 1.54) is 6.92 Å². The number of nitrogens with one attached hydrogen (secondary N) is 1. The molecule has 1 aromatic heterocycles. The van der Waals surface area contributed by atoms with Crippen LogP contribution >= 0.6 is 11.6 Å². The number of halogens is 1. The van der Waals surface area contributed by atoms with Gasteiger partial charge in [0, 0.05) is 14.0 Å². The summed E-state index contributed by atoms with van der Waals surface area (Å²) in [6, 6.07) is 0. The van der Waals surface area contributed by atoms with Crippen LogP contribution in [0.15, 0.2) is 6.20 Å². The van der Waals surface area contributed by atoms with Gasteiger partial charge >= 0.3 is 0 Å². The molecule has 4 nitrogen and oxygen atoms in total. The van der Waals surface area contributed by atoms with Crippen molar-refractivity contribution in [3.05, 3.63) is 17.2 Å². The number of amides is 1. The maximum absolute atomic E-state index is 10.6. The van der Waals surface area contributed by atoms with E-state index in [1.54, 1.807) is 17.8 Å². The molecule has 0 atom stereocenters. The Labute approximate surface area is 75.5 Å². The van der Waals surface area contributed by atoms with Crippen LogP contribution in [0.4, 0.5) is 0 Å². The molecule has 0 fully saturated rings. The highest BCUT2D eigenvalue weighted by Crippen LogP contribution is 2.08. The molecular formula is C7H10ClN3O. The standard InChI is InChI=1S/C7H10ClN3O/c1-5(12)9-4-7-10-3-6(8)11(7)2/h3H,4H2,1-2H3,(H,9,12). The van der Waals surface area contributed by atoms with Crippen LogP contribution in [-0.2, 0) is 18.4 Å². The molecule has 0 saturated heterocycles. The summed E-state index contributed by atoms with van der Waals surface area (Å²) in [6.07, 6.45) is 1.55. The zero-order valence-corrected chi connectivity index (χ0v) is 7.72. The van der Waals surface area contributed by atoms with Crippen molar-refractivity contribution in [2.75, 3.05) is 0 Å². The van der Waals surface area contributed by atoms with Gasteiger partial charge in [-0.25, -0.2) is 4.98 Å². The first-order chi connectivity index (χ1) is 5.61. The molecule has 0 saturated carbocycles. The first kappa shape index (κ1) is 9.06. The molecule has 12 heavy (non-hydrogen) atoms. The van der Waals surface area contributed by atoms with Crippen molar-refractivity contribution < 1.29 is 4.79 Å². The fourth-order valence-electron chi connectivity index (χ4n) is 0.792. The molecule has 1 heterocycles. The highest BCUT2D eigenvalue weighted by atomic mass is 35.5. The third-order valence-corrected chi connectivity index (χ3v) is 1.87. The van der Waals surface area contributed by atoms with Crippen LogP contribution in [-0.4, -0.2) is 15.5 Å². The minimum atomic E-state index is -0.0749. The van der Waals surface area contributed by atoms with Crippen molar-refractivity contribution in [2.24, 2.45) is 7.05 Å². The van der Waals surface area contributed by atoms with Crippen LogP contribution in [0.2, 0.25) is 5.15 Å². The van der Waals surface area contributed by atoms with Crippen molar-refractivity contribution in [2.45, 2.75) is 13.5 Å². The summed E-state index contributed by atoms with van der Waals surface area (Å²) in [5.41, 5.74) is 0. The average molecular weight is 188 g/mol. The molecule has 1 N–H and O–H groups in total. The van der Waals surface area contributed by atoms with Gasteiger partial charge in [0.05, 0.1) is 12.7 Å². The average Bonchev–Trinajstić information content (AvgIpc) is 2.30. The van der Waals surface area contributed by atoms with Crippen molar-refractivity contribution in [3.8, 4) is 0 Å². The summed E-state index contributed by atoms with van der Waals surface area (Å²) < 4.78 is 1.72. The molecule has 0 aromatic carbocycles. The Morgan fingerprint density at radius 1 is 1.83 bits per heavy atom. The van der Waals surface area contributed by atoms with E-state index < -0.39 is 0 Å². The molecule has 1 rings (SSSR count). The number of hydrogen-bond acceptors (Lipinski definition) is 2. The number of aromatic nitrogens is 2. The van der Waals surface area contributed by atoms with E-state index in [1.807, 2.05) is 0 Å². The number of carbonyl (C=O) groups is 1. The zero-order chi connectivity index (χ0) is 9.14. The van der Waals surface area contributed by atoms with Crippen LogP contribution < -0.4 is 5.32 Å². The van der Waals surface area contributed by atoms with Gasteiger partial charge in [0.2, 0.25) is 5.91 Å². The van der Waals surface area contributed by atoms with Gasteiger partial charge in [0.1, 0.15) is 11.0 Å². The van der Waals surface area contributed by atoms with Gasteiger partial charge in [-0.3, -0.25) is 4.79 Å². The molecule has 0 radical (unpaired) electrons. The van der Waals surface area contributed by atoms with Gasteiger partial charge in [0.15, 0.2) is 0 Å². The lowest BCUT2D eigenvalue weighted by molar-refractivity contribution is -0.119. The van der Waals surface area contributed by atoms with E-state index in [0.717, 1.165) is 5.82 Å². The summed E-state index contributed by atoms with van der Waals surface area (Å²) >= 11 is 5.73. The van der Waals surface area contributed by atoms with Crippen LogP contribution in [0, 0.1) is 0 Å². The van der Waals surface area contributed by atoms with Crippen LogP contribution in [0.5, 0.6) is 0 Å². The highest BCUT2D eigenvalue weighted by Gasteiger charge is 2.03. The molecule has 0 aliphatic carbocycles. The van der Waals surface area contributed by atoms with Crippen molar-refractivity contribution >= 4 is 17.5 Å². The Kier molecular flexibility index (Phi) is 2.70. The summed E-state index contributed by atoms with van der Waals surface area (Å²) in [6.45, 7) is 1.88. The molecule has 0 unspecified atom stereocenters. The second-order valence-electron chi connectivity index (χ2n) is 2.47. The second-order valence-corrected chi connectivity index (χ2v) is 2.85. The Hall–Kier alpha value is -1.03. The quantitative estimate of drug-likeness (QED) is 0.742. The van der Waals surface area contributed by atoms with E-state index in [-0.39, 0.29) is 5.91 Å². The van der Waals surface area contributed by atoms with Gasteiger partial charge in [-0.2, -0.15) is 0 Å². The molecule has 1 amide bonds. The molecular weight excluding hydrogens is 178 g/mol. The first-order valence-electron chi connectivity index (χ1n) is 3.52. The van der Waals surface area contributed by atoms with E-state index in [0.29, 0.717) is 11.7 Å². The molecule has 0 spiro atoms. The van der Waals surface area contributed by atoms with Gasteiger partial charge in [-0.05, 0) is 0 Å². The number of carbonyl (C=O) groups excluding carboxylic acids is 1. The van der Waals surface area contributed by atoms with Crippen LogP contribution in [0.3, 0.4) is 0 Å². The van der Waals surface area contributed by atoms with E-state index >= 15 is 0 Å². The fraction of sp³-hybridized carbons (Fsp3) is 0.429. The lowest BCUT2D eigenvalue weighted by Gasteiger charge is -2.02. The normalized spacial score (nSPS) is 9.92. The minimum Gasteiger partial charge on any atom is -0.349 e. The summed E-state index contributed by atoms with van der Waals surface area (Å²) in [7, 11) is 1.80. The number of hydrogen-bond donors (Lipinski definition) is 1. The zero-order valence-electron chi connectivity index (χ0n) is 6.97. The Morgan fingerprint density at radius 2 is 2.50 bits per heavy atom. The Bertz CT molecular complexity index is 295. The predicted molar refractivity (Wildman–Crippen MR) is 45.7 cm³/mol. The molecule has 5 heteroatoms. The van der Waals surface area contributed by atoms with Gasteiger partial charge < -0.3 is 9.88 Å². The molecule has 0 aliphatic rings. The van der Waals surface area contributed by atoms with Crippen molar-refractivity contribution in [3.63, 3.8) is 0 Å². The molecule has 0 bridgehead atoms. The maximum Gasteiger partial charge on any atom is 0.217 e. The first-order valence-corrected chi connectivity index (χ1v) is 3.89. The van der Waals surface area contributed by atoms with Crippen molar-refractivity contribution in [1.29, 1.82) is 0 Å². The lowest BCUT2D eigenvalue weighted by atomic mass is 10.5. The van der Waals surface area contributed by atoms with E-state index in [2.05, 4.69) is 10.3 Å². The van der Waals surface area contributed by atoms with Crippen molar-refractivity contribution in [1.82, 2.24) is 14.9 Å². The predicted octanol–water partition coefficient (Wildman–Crippen LogP) is 0.710. The Morgan fingerprint density at radius 3 is 2.92 bits per heavy atom. The second kappa shape index (κ2) is 3.58. The van der Waals surface area contributed by atoms with Gasteiger partial charge in [-0.15, -0.1) is 0 Å². The topological polar surface area (TPSA) is 46.9 Å². The minimum absolute atomic E-state index is 0.0749. The molecule has 0 aliphatic heterocycles. The third kappa shape index (κ3) is 1.98. The molecule has 1 aromatic rings. The number of rotatable bonds is 2. The Balaban J connectivity index is 2.63. The summed E-state index contributed by atoms with van der Waals surface area (Å²) in [5.74, 6) is 0.671. The van der Waals surface area contributed by atoms with Gasteiger partial charge in [-0.1, -0.05) is 11.6 Å². The third-order valence-electron chi connectivity index (χ3n) is 1.52. The number of nitrogens with zero attached hydrogens (tertiary/aromatic N) is 2. The largest absolute Gasteiger partial charge is 0.349 e. The summed E-state index contributed by atoms with van der Waals surface area (Å²) in [5, 5.41) is 3.20. The maximum atomic E-state index is 10.6. The van der Waals surface area contributed by atoms with E-state index in [4.69, 9.17) is 11.6 Å². The monoisotopic (exact) mass is 187 g/mol. The fourth-order valence-corrected chi connectivity index (χ4v) is 0.938. The highest BCUT2D eigenvalue weighted by molar-refractivity contribution is 6.29. The summed E-state index contributed by atoms with van der Waals surface area (Å²) in [4.78, 5) is 14.6. The smallest absolute Gasteiger partial charge is 0.217 e. The van der Waals surface area contributed by atoms with E-state index in [9.17, 15) is 4.79 Å². The number of imidazole rings is 1. The lowest BCUT2D eigenvalue weighted by Crippen LogP contribution is -2.21.